The van der Waals surface area contributed by atoms with Gasteiger partial charge >= 0.3 is 5.97 Å². The Bertz CT molecular complexity index is 999. The molecule has 0 radical (unpaired) electrons. The first-order valence-electron chi connectivity index (χ1n) is 8.26. The summed E-state index contributed by atoms with van der Waals surface area (Å²) in [6.45, 7) is 2.79. The Labute approximate surface area is 162 Å². The molecule has 2 aromatic rings. The number of nitrogens with one attached hydrogen (secondary N) is 2. The number of hydrogen-bond donors (Lipinski definition) is 2. The molecule has 9 heteroatoms. The van der Waals surface area contributed by atoms with Crippen molar-refractivity contribution in [1.82, 2.24) is 0 Å². The summed E-state index contributed by atoms with van der Waals surface area (Å²) < 4.78 is 28.3. The van der Waals surface area contributed by atoms with Crippen LogP contribution in [0.5, 0.6) is 0 Å². The molecule has 2 rings (SSSR count). The summed E-state index contributed by atoms with van der Waals surface area (Å²) in [6.07, 6.45) is -0.0746. The molecule has 0 bridgehead atoms. The maximum atomic E-state index is 12.2. The third-order valence-corrected chi connectivity index (χ3v) is 4.73. The Balaban J connectivity index is 2.00. The van der Waals surface area contributed by atoms with Gasteiger partial charge in [0.2, 0.25) is 5.91 Å². The van der Waals surface area contributed by atoms with Crippen LogP contribution in [0, 0.1) is 0 Å². The molecule has 2 N–H and O–H groups in total. The van der Waals surface area contributed by atoms with Crippen LogP contribution >= 0.6 is 0 Å². The molecule has 148 valence electrons. The zero-order chi connectivity index (χ0) is 20.9. The fourth-order valence-electron chi connectivity index (χ4n) is 2.22. The maximum absolute atomic E-state index is 12.2. The molecule has 0 aromatic heterocycles. The van der Waals surface area contributed by atoms with Gasteiger partial charge in [-0.1, -0.05) is 6.07 Å². The molecule has 0 unspecified atom stereocenters. The van der Waals surface area contributed by atoms with Crippen molar-refractivity contribution < 1.29 is 27.5 Å². The van der Waals surface area contributed by atoms with Gasteiger partial charge in [-0.3, -0.25) is 9.59 Å². The number of ether oxygens (including phenoxy) is 1. The highest BCUT2D eigenvalue weighted by molar-refractivity contribution is 7.90. The molecule has 28 heavy (non-hydrogen) atoms. The van der Waals surface area contributed by atoms with Crippen molar-refractivity contribution in [3.05, 3.63) is 54.1 Å². The molecule has 0 aliphatic heterocycles. The quantitative estimate of drug-likeness (QED) is 0.713. The summed E-state index contributed by atoms with van der Waals surface area (Å²) in [5.41, 5.74) is 1.07. The van der Waals surface area contributed by atoms with Crippen molar-refractivity contribution in [3.8, 4) is 0 Å². The molecule has 0 saturated carbocycles. The second-order valence-electron chi connectivity index (χ2n) is 6.10. The van der Waals surface area contributed by atoms with Crippen LogP contribution in [0.1, 0.15) is 24.2 Å². The van der Waals surface area contributed by atoms with Crippen molar-refractivity contribution in [2.24, 2.45) is 0 Å². The first-order valence-corrected chi connectivity index (χ1v) is 10.1. The minimum absolute atomic E-state index is 0.0154. The van der Waals surface area contributed by atoms with Crippen LogP contribution in [-0.4, -0.2) is 38.6 Å². The molecule has 1 atom stereocenters. The van der Waals surface area contributed by atoms with E-state index in [1.54, 1.807) is 24.3 Å². The minimum atomic E-state index is -3.47. The number of hydrogen-bond acceptors (Lipinski definition) is 6. The first kappa shape index (κ1) is 21.1. The first-order chi connectivity index (χ1) is 13.1. The Morgan fingerprint density at radius 3 is 2.07 bits per heavy atom. The number of rotatable bonds is 6. The van der Waals surface area contributed by atoms with Gasteiger partial charge in [-0.2, -0.15) is 0 Å². The second-order valence-corrected chi connectivity index (χ2v) is 8.11. The van der Waals surface area contributed by atoms with Gasteiger partial charge in [-0.25, -0.2) is 13.2 Å². The average molecular weight is 404 g/mol. The van der Waals surface area contributed by atoms with Crippen LogP contribution in [0.4, 0.5) is 11.4 Å². The van der Waals surface area contributed by atoms with Crippen LogP contribution in [-0.2, 0) is 24.2 Å². The summed E-state index contributed by atoms with van der Waals surface area (Å²) in [5, 5.41) is 5.19. The topological polar surface area (TPSA) is 119 Å². The zero-order valence-electron chi connectivity index (χ0n) is 15.6. The highest BCUT2D eigenvalue weighted by Gasteiger charge is 2.20. The monoisotopic (exact) mass is 404 g/mol. The van der Waals surface area contributed by atoms with Crippen molar-refractivity contribution in [2.75, 3.05) is 16.9 Å². The van der Waals surface area contributed by atoms with Gasteiger partial charge in [0.05, 0.1) is 10.5 Å². The maximum Gasteiger partial charge on any atom is 0.338 e. The predicted octanol–water partition coefficient (Wildman–Crippen LogP) is 2.23. The normalized spacial score (nSPS) is 12.0. The Hall–Kier alpha value is -3.20. The van der Waals surface area contributed by atoms with E-state index >= 15 is 0 Å². The molecular formula is C19H20N2O6S. The van der Waals surface area contributed by atoms with E-state index in [9.17, 15) is 22.8 Å². The summed E-state index contributed by atoms with van der Waals surface area (Å²) >= 11 is 0. The van der Waals surface area contributed by atoms with E-state index < -0.39 is 27.8 Å². The van der Waals surface area contributed by atoms with Crippen LogP contribution in [0.15, 0.2) is 53.4 Å². The van der Waals surface area contributed by atoms with E-state index in [-0.39, 0.29) is 16.4 Å². The van der Waals surface area contributed by atoms with Crippen LogP contribution in [0.3, 0.4) is 0 Å². The second kappa shape index (κ2) is 8.66. The lowest BCUT2D eigenvalue weighted by molar-refractivity contribution is -0.123. The van der Waals surface area contributed by atoms with Gasteiger partial charge in [0, 0.05) is 24.6 Å². The van der Waals surface area contributed by atoms with Gasteiger partial charge in [0.25, 0.3) is 5.91 Å². The fraction of sp³-hybridized carbons (Fsp3) is 0.211. The minimum Gasteiger partial charge on any atom is -0.449 e. The third kappa shape index (κ3) is 5.92. The van der Waals surface area contributed by atoms with Crippen LogP contribution in [0.25, 0.3) is 0 Å². The Kier molecular flexibility index (Phi) is 6.53. The number of anilines is 2. The molecule has 0 saturated heterocycles. The summed E-state index contributed by atoms with van der Waals surface area (Å²) in [5.74, 6) is -1.58. The molecule has 0 aliphatic rings. The number of sulfone groups is 1. The van der Waals surface area contributed by atoms with E-state index in [1.165, 1.54) is 38.1 Å². The van der Waals surface area contributed by atoms with Crippen molar-refractivity contribution >= 4 is 39.0 Å². The molecule has 0 spiro atoms. The number of benzene rings is 2. The van der Waals surface area contributed by atoms with Crippen molar-refractivity contribution in [3.63, 3.8) is 0 Å². The zero-order valence-corrected chi connectivity index (χ0v) is 16.4. The SMILES string of the molecule is CC(=O)Nc1ccc(NC(=O)[C@H](C)OC(=O)c2cccc(S(C)(=O)=O)c2)cc1. The van der Waals surface area contributed by atoms with E-state index in [2.05, 4.69) is 10.6 Å². The summed E-state index contributed by atoms with van der Waals surface area (Å²) in [6, 6.07) is 11.8. The van der Waals surface area contributed by atoms with E-state index in [0.29, 0.717) is 11.4 Å². The van der Waals surface area contributed by atoms with E-state index in [1.807, 2.05) is 0 Å². The summed E-state index contributed by atoms with van der Waals surface area (Å²) in [7, 11) is -3.47. The van der Waals surface area contributed by atoms with Crippen molar-refractivity contribution in [1.29, 1.82) is 0 Å². The standard InChI is InChI=1S/C19H20N2O6S/c1-12(18(23)21-16-9-7-15(8-10-16)20-13(2)22)27-19(24)14-5-4-6-17(11-14)28(3,25)26/h4-12H,1-3H3,(H,20,22)(H,21,23)/t12-/m0/s1. The lowest BCUT2D eigenvalue weighted by Gasteiger charge is -2.14. The molecular weight excluding hydrogens is 384 g/mol. The molecule has 2 aromatic carbocycles. The van der Waals surface area contributed by atoms with Crippen LogP contribution < -0.4 is 10.6 Å². The Morgan fingerprint density at radius 1 is 0.964 bits per heavy atom. The molecule has 2 amide bonds. The number of carbonyl (C=O) groups is 3. The smallest absolute Gasteiger partial charge is 0.338 e. The van der Waals surface area contributed by atoms with E-state index in [4.69, 9.17) is 4.74 Å². The third-order valence-electron chi connectivity index (χ3n) is 3.62. The predicted molar refractivity (Wildman–Crippen MR) is 104 cm³/mol. The lowest BCUT2D eigenvalue weighted by atomic mass is 10.2. The van der Waals surface area contributed by atoms with E-state index in [0.717, 1.165) is 6.26 Å². The highest BCUT2D eigenvalue weighted by Crippen LogP contribution is 2.15. The van der Waals surface area contributed by atoms with Crippen molar-refractivity contribution in [2.45, 2.75) is 24.8 Å². The number of amides is 2. The number of carbonyl (C=O) groups excluding carboxylic acids is 3. The van der Waals surface area contributed by atoms with Gasteiger partial charge in [-0.05, 0) is 49.4 Å². The fourth-order valence-corrected chi connectivity index (χ4v) is 2.89. The van der Waals surface area contributed by atoms with Gasteiger partial charge in [-0.15, -0.1) is 0 Å². The molecule has 0 heterocycles. The largest absolute Gasteiger partial charge is 0.449 e. The highest BCUT2D eigenvalue weighted by atomic mass is 32.2. The summed E-state index contributed by atoms with van der Waals surface area (Å²) in [4.78, 5) is 35.4. The molecule has 8 nitrogen and oxygen atoms in total. The molecule has 0 fully saturated rings. The molecule has 0 aliphatic carbocycles. The van der Waals surface area contributed by atoms with Gasteiger partial charge in [0.1, 0.15) is 0 Å². The van der Waals surface area contributed by atoms with Crippen LogP contribution in [0.2, 0.25) is 0 Å². The average Bonchev–Trinajstić information content (AvgIpc) is 2.62. The number of esters is 1. The van der Waals surface area contributed by atoms with Gasteiger partial charge in [0.15, 0.2) is 15.9 Å². The van der Waals surface area contributed by atoms with Gasteiger partial charge < -0.3 is 15.4 Å². The lowest BCUT2D eigenvalue weighted by Crippen LogP contribution is -2.30. The Morgan fingerprint density at radius 2 is 1.54 bits per heavy atom.